The maximum atomic E-state index is 11.8. The zero-order chi connectivity index (χ0) is 11.4. The first-order chi connectivity index (χ1) is 7.79. The number of urea groups is 1. The molecule has 1 heterocycles. The van der Waals surface area contributed by atoms with Crippen molar-refractivity contribution in [1.82, 2.24) is 4.90 Å². The molecule has 4 heteroatoms. The van der Waals surface area contributed by atoms with E-state index in [2.05, 4.69) is 5.32 Å². The van der Waals surface area contributed by atoms with Crippen LogP contribution in [0.15, 0.2) is 24.3 Å². The van der Waals surface area contributed by atoms with Gasteiger partial charge in [-0.1, -0.05) is 12.1 Å². The molecule has 1 fully saturated rings. The fourth-order valence-corrected chi connectivity index (χ4v) is 1.90. The molecule has 0 saturated carbocycles. The van der Waals surface area contributed by atoms with Crippen LogP contribution in [0.25, 0.3) is 0 Å². The molecule has 0 bridgehead atoms. The summed E-state index contributed by atoms with van der Waals surface area (Å²) in [4.78, 5) is 13.6. The molecule has 1 aromatic rings. The van der Waals surface area contributed by atoms with Crippen molar-refractivity contribution in [3.8, 4) is 0 Å². The van der Waals surface area contributed by atoms with E-state index in [9.17, 15) is 4.79 Å². The number of benzene rings is 1. The van der Waals surface area contributed by atoms with Crippen molar-refractivity contribution in [1.29, 1.82) is 0 Å². The van der Waals surface area contributed by atoms with Crippen LogP contribution in [-0.2, 0) is 6.54 Å². The Bertz CT molecular complexity index is 372. The number of hydrogen-bond acceptors (Lipinski definition) is 2. The van der Waals surface area contributed by atoms with Crippen LogP contribution in [0.4, 0.5) is 10.5 Å². The van der Waals surface area contributed by atoms with E-state index in [1.807, 2.05) is 29.2 Å². The Labute approximate surface area is 95.4 Å². The Morgan fingerprint density at radius 1 is 1.38 bits per heavy atom. The molecular weight excluding hydrogens is 202 g/mol. The quantitative estimate of drug-likeness (QED) is 0.796. The van der Waals surface area contributed by atoms with Crippen molar-refractivity contribution in [2.45, 2.75) is 19.4 Å². The number of carbonyl (C=O) groups is 1. The molecule has 0 unspecified atom stereocenters. The first kappa shape index (κ1) is 11.0. The molecule has 0 radical (unpaired) electrons. The van der Waals surface area contributed by atoms with Crippen LogP contribution in [0, 0.1) is 0 Å². The van der Waals surface area contributed by atoms with E-state index in [-0.39, 0.29) is 6.03 Å². The van der Waals surface area contributed by atoms with Crippen LogP contribution in [0.5, 0.6) is 0 Å². The minimum Gasteiger partial charge on any atom is -0.326 e. The topological polar surface area (TPSA) is 58.4 Å². The van der Waals surface area contributed by atoms with Gasteiger partial charge in [0.05, 0.1) is 0 Å². The highest BCUT2D eigenvalue weighted by atomic mass is 16.2. The summed E-state index contributed by atoms with van der Waals surface area (Å²) < 4.78 is 0. The van der Waals surface area contributed by atoms with Crippen LogP contribution < -0.4 is 11.1 Å². The number of nitrogens with one attached hydrogen (secondary N) is 1. The molecule has 0 aliphatic carbocycles. The molecule has 1 saturated heterocycles. The number of likely N-dealkylation sites (tertiary alicyclic amines) is 1. The van der Waals surface area contributed by atoms with Gasteiger partial charge in [0.1, 0.15) is 0 Å². The summed E-state index contributed by atoms with van der Waals surface area (Å²) in [5.41, 5.74) is 7.39. The molecule has 1 aromatic carbocycles. The lowest BCUT2D eigenvalue weighted by Gasteiger charge is -2.16. The van der Waals surface area contributed by atoms with Gasteiger partial charge >= 0.3 is 6.03 Å². The summed E-state index contributed by atoms with van der Waals surface area (Å²) in [6.07, 6.45) is 2.21. The van der Waals surface area contributed by atoms with Crippen LogP contribution in [0.1, 0.15) is 18.4 Å². The van der Waals surface area contributed by atoms with E-state index >= 15 is 0 Å². The van der Waals surface area contributed by atoms with Gasteiger partial charge in [-0.2, -0.15) is 0 Å². The van der Waals surface area contributed by atoms with E-state index in [4.69, 9.17) is 5.73 Å². The van der Waals surface area contributed by atoms with E-state index in [1.165, 1.54) is 0 Å². The minimum absolute atomic E-state index is 0.00771. The first-order valence-corrected chi connectivity index (χ1v) is 5.64. The van der Waals surface area contributed by atoms with Gasteiger partial charge in [0.15, 0.2) is 0 Å². The number of anilines is 1. The van der Waals surface area contributed by atoms with Gasteiger partial charge in [-0.15, -0.1) is 0 Å². The van der Waals surface area contributed by atoms with Crippen molar-refractivity contribution in [2.24, 2.45) is 5.73 Å². The Hall–Kier alpha value is -1.55. The maximum absolute atomic E-state index is 11.8. The van der Waals surface area contributed by atoms with Crippen LogP contribution in [0.3, 0.4) is 0 Å². The fourth-order valence-electron chi connectivity index (χ4n) is 1.90. The van der Waals surface area contributed by atoms with E-state index in [0.717, 1.165) is 37.2 Å². The largest absolute Gasteiger partial charge is 0.326 e. The monoisotopic (exact) mass is 219 g/mol. The summed E-state index contributed by atoms with van der Waals surface area (Å²) >= 11 is 0. The highest BCUT2D eigenvalue weighted by Gasteiger charge is 2.17. The summed E-state index contributed by atoms with van der Waals surface area (Å²) in [6.45, 7) is 2.22. The van der Waals surface area contributed by atoms with Crippen LogP contribution >= 0.6 is 0 Å². The Balaban J connectivity index is 1.99. The Morgan fingerprint density at radius 2 is 2.12 bits per heavy atom. The lowest BCUT2D eigenvalue weighted by molar-refractivity contribution is 0.222. The molecule has 16 heavy (non-hydrogen) atoms. The molecule has 0 spiro atoms. The molecular formula is C12H17N3O. The molecule has 0 atom stereocenters. The van der Waals surface area contributed by atoms with E-state index in [1.54, 1.807) is 0 Å². The van der Waals surface area contributed by atoms with Crippen LogP contribution in [-0.4, -0.2) is 24.0 Å². The van der Waals surface area contributed by atoms with Gasteiger partial charge in [0.2, 0.25) is 0 Å². The number of nitrogens with two attached hydrogens (primary N) is 1. The SMILES string of the molecule is NCc1cccc(NC(=O)N2CCCC2)c1. The summed E-state index contributed by atoms with van der Waals surface area (Å²) in [5.74, 6) is 0. The third-order valence-electron chi connectivity index (χ3n) is 2.81. The van der Waals surface area contributed by atoms with Gasteiger partial charge in [0, 0.05) is 25.3 Å². The van der Waals surface area contributed by atoms with E-state index < -0.39 is 0 Å². The molecule has 4 nitrogen and oxygen atoms in total. The number of hydrogen-bond donors (Lipinski definition) is 2. The Morgan fingerprint density at radius 3 is 2.81 bits per heavy atom. The summed E-state index contributed by atoms with van der Waals surface area (Å²) in [5, 5.41) is 2.89. The second kappa shape index (κ2) is 4.99. The average Bonchev–Trinajstić information content (AvgIpc) is 2.83. The van der Waals surface area contributed by atoms with Crippen molar-refractivity contribution < 1.29 is 4.79 Å². The second-order valence-corrected chi connectivity index (χ2v) is 4.03. The molecule has 3 N–H and O–H groups in total. The molecule has 2 amide bonds. The Kier molecular flexibility index (Phi) is 3.41. The van der Waals surface area contributed by atoms with Gasteiger partial charge in [-0.25, -0.2) is 4.79 Å². The predicted octanol–water partition coefficient (Wildman–Crippen LogP) is 1.77. The smallest absolute Gasteiger partial charge is 0.321 e. The molecule has 1 aliphatic rings. The molecule has 86 valence electrons. The van der Waals surface area contributed by atoms with Gasteiger partial charge in [-0.05, 0) is 30.5 Å². The van der Waals surface area contributed by atoms with Crippen molar-refractivity contribution in [3.05, 3.63) is 29.8 Å². The van der Waals surface area contributed by atoms with Crippen LogP contribution in [0.2, 0.25) is 0 Å². The number of rotatable bonds is 2. The third-order valence-corrected chi connectivity index (χ3v) is 2.81. The highest BCUT2D eigenvalue weighted by molar-refractivity contribution is 5.89. The standard InChI is InChI=1S/C12H17N3O/c13-9-10-4-3-5-11(8-10)14-12(16)15-6-1-2-7-15/h3-5,8H,1-2,6-7,9,13H2,(H,14,16). The number of carbonyl (C=O) groups excluding carboxylic acids is 1. The number of amides is 2. The zero-order valence-electron chi connectivity index (χ0n) is 9.28. The van der Waals surface area contributed by atoms with Crippen molar-refractivity contribution in [3.63, 3.8) is 0 Å². The van der Waals surface area contributed by atoms with Gasteiger partial charge in [0.25, 0.3) is 0 Å². The summed E-state index contributed by atoms with van der Waals surface area (Å²) in [7, 11) is 0. The van der Waals surface area contributed by atoms with Gasteiger partial charge in [-0.3, -0.25) is 0 Å². The van der Waals surface area contributed by atoms with Gasteiger partial charge < -0.3 is 16.0 Å². The van der Waals surface area contributed by atoms with Crippen molar-refractivity contribution >= 4 is 11.7 Å². The average molecular weight is 219 g/mol. The minimum atomic E-state index is -0.00771. The summed E-state index contributed by atoms with van der Waals surface area (Å²) in [6, 6.07) is 7.64. The zero-order valence-corrected chi connectivity index (χ0v) is 9.28. The lowest BCUT2D eigenvalue weighted by atomic mass is 10.2. The normalized spacial score (nSPS) is 15.2. The van der Waals surface area contributed by atoms with E-state index in [0.29, 0.717) is 6.54 Å². The highest BCUT2D eigenvalue weighted by Crippen LogP contribution is 2.13. The first-order valence-electron chi connectivity index (χ1n) is 5.64. The van der Waals surface area contributed by atoms with Crippen molar-refractivity contribution in [2.75, 3.05) is 18.4 Å². The molecule has 2 rings (SSSR count). The third kappa shape index (κ3) is 2.52. The second-order valence-electron chi connectivity index (χ2n) is 4.03. The fraction of sp³-hybridized carbons (Fsp3) is 0.417. The lowest BCUT2D eigenvalue weighted by Crippen LogP contribution is -2.32. The number of nitrogens with zero attached hydrogens (tertiary/aromatic N) is 1. The maximum Gasteiger partial charge on any atom is 0.321 e. The molecule has 1 aliphatic heterocycles. The predicted molar refractivity (Wildman–Crippen MR) is 64.2 cm³/mol. The molecule has 0 aromatic heterocycles.